The maximum atomic E-state index is 12.2. The van der Waals surface area contributed by atoms with Crippen LogP contribution < -0.4 is 20.1 Å². The van der Waals surface area contributed by atoms with Crippen LogP contribution in [0.3, 0.4) is 0 Å². The van der Waals surface area contributed by atoms with E-state index >= 15 is 0 Å². The SMILES string of the molecule is Cc1cccc(-n2nnnc2SCC(=O)NC(=O)Nc2ccc3c(c2)OCO3)c1C. The first-order valence-corrected chi connectivity index (χ1v) is 9.98. The van der Waals surface area contributed by atoms with Crippen LogP contribution in [0.15, 0.2) is 41.6 Å². The fraction of sp³-hybridized carbons (Fsp3) is 0.211. The normalized spacial score (nSPS) is 11.9. The number of thioether (sulfide) groups is 1. The van der Waals surface area contributed by atoms with Crippen LogP contribution in [0, 0.1) is 13.8 Å². The van der Waals surface area contributed by atoms with Gasteiger partial charge in [0.2, 0.25) is 17.9 Å². The average Bonchev–Trinajstić information content (AvgIpc) is 3.37. The van der Waals surface area contributed by atoms with Gasteiger partial charge in [-0.3, -0.25) is 10.1 Å². The Balaban J connectivity index is 1.34. The van der Waals surface area contributed by atoms with Gasteiger partial charge in [-0.1, -0.05) is 23.9 Å². The van der Waals surface area contributed by atoms with Crippen LogP contribution in [0.5, 0.6) is 11.5 Å². The molecule has 1 aromatic heterocycles. The Morgan fingerprint density at radius 3 is 2.87 bits per heavy atom. The molecule has 10 nitrogen and oxygen atoms in total. The highest BCUT2D eigenvalue weighted by Gasteiger charge is 2.17. The lowest BCUT2D eigenvalue weighted by atomic mass is 10.1. The first kappa shape index (κ1) is 19.7. The number of carbonyl (C=O) groups is 2. The molecule has 3 aromatic rings. The van der Waals surface area contributed by atoms with E-state index in [4.69, 9.17) is 9.47 Å². The number of hydrogen-bond donors (Lipinski definition) is 2. The van der Waals surface area contributed by atoms with Gasteiger partial charge in [-0.05, 0) is 53.6 Å². The largest absolute Gasteiger partial charge is 0.454 e. The fourth-order valence-corrected chi connectivity index (χ4v) is 3.50. The van der Waals surface area contributed by atoms with E-state index in [0.717, 1.165) is 28.6 Å². The lowest BCUT2D eigenvalue weighted by Crippen LogP contribution is -2.35. The smallest absolute Gasteiger partial charge is 0.325 e. The zero-order valence-corrected chi connectivity index (χ0v) is 17.0. The molecule has 0 unspecified atom stereocenters. The summed E-state index contributed by atoms with van der Waals surface area (Å²) >= 11 is 1.13. The molecule has 0 fully saturated rings. The number of aryl methyl sites for hydroxylation is 1. The van der Waals surface area contributed by atoms with Crippen molar-refractivity contribution in [2.75, 3.05) is 17.9 Å². The Labute approximate surface area is 175 Å². The minimum Gasteiger partial charge on any atom is -0.454 e. The van der Waals surface area contributed by atoms with Crippen LogP contribution in [0.2, 0.25) is 0 Å². The molecular weight excluding hydrogens is 408 g/mol. The third-order valence-electron chi connectivity index (χ3n) is 4.46. The maximum Gasteiger partial charge on any atom is 0.325 e. The van der Waals surface area contributed by atoms with Crippen LogP contribution >= 0.6 is 11.8 Å². The average molecular weight is 426 g/mol. The Morgan fingerprint density at radius 1 is 1.17 bits per heavy atom. The van der Waals surface area contributed by atoms with Crippen molar-refractivity contribution in [2.24, 2.45) is 0 Å². The van der Waals surface area contributed by atoms with E-state index in [9.17, 15) is 9.59 Å². The number of imide groups is 1. The van der Waals surface area contributed by atoms with Gasteiger partial charge >= 0.3 is 6.03 Å². The second kappa shape index (κ2) is 8.41. The minimum atomic E-state index is -0.645. The zero-order valence-electron chi connectivity index (χ0n) is 16.2. The monoisotopic (exact) mass is 426 g/mol. The van der Waals surface area contributed by atoms with E-state index in [-0.39, 0.29) is 12.5 Å². The number of nitrogens with zero attached hydrogens (tertiary/aromatic N) is 4. The van der Waals surface area contributed by atoms with Gasteiger partial charge in [0.1, 0.15) is 0 Å². The number of carbonyl (C=O) groups excluding carboxylic acids is 2. The molecule has 1 aliphatic rings. The molecule has 154 valence electrons. The van der Waals surface area contributed by atoms with Gasteiger partial charge in [-0.15, -0.1) is 5.10 Å². The second-order valence-corrected chi connectivity index (χ2v) is 7.39. The number of amides is 3. The van der Waals surface area contributed by atoms with Crippen molar-refractivity contribution in [3.05, 3.63) is 47.5 Å². The van der Waals surface area contributed by atoms with E-state index < -0.39 is 11.9 Å². The second-order valence-electron chi connectivity index (χ2n) is 6.45. The van der Waals surface area contributed by atoms with Crippen molar-refractivity contribution >= 4 is 29.4 Å². The molecule has 0 bridgehead atoms. The summed E-state index contributed by atoms with van der Waals surface area (Å²) in [7, 11) is 0. The Bertz CT molecular complexity index is 1120. The first-order chi connectivity index (χ1) is 14.5. The van der Waals surface area contributed by atoms with Crippen molar-refractivity contribution in [2.45, 2.75) is 19.0 Å². The molecule has 2 heterocycles. The van der Waals surface area contributed by atoms with Crippen molar-refractivity contribution in [1.82, 2.24) is 25.5 Å². The van der Waals surface area contributed by atoms with E-state index in [1.807, 2.05) is 32.0 Å². The number of urea groups is 1. The summed E-state index contributed by atoms with van der Waals surface area (Å²) in [6.07, 6.45) is 0. The predicted octanol–water partition coefficient (Wildman–Crippen LogP) is 2.45. The Hall–Kier alpha value is -3.60. The van der Waals surface area contributed by atoms with Crippen LogP contribution in [0.4, 0.5) is 10.5 Å². The number of ether oxygens (including phenoxy) is 2. The third-order valence-corrected chi connectivity index (χ3v) is 5.38. The van der Waals surface area contributed by atoms with E-state index in [2.05, 4.69) is 26.2 Å². The molecule has 0 saturated carbocycles. The predicted molar refractivity (Wildman–Crippen MR) is 109 cm³/mol. The summed E-state index contributed by atoms with van der Waals surface area (Å²) in [5, 5.41) is 17.0. The molecule has 1 aliphatic heterocycles. The van der Waals surface area contributed by atoms with Gasteiger partial charge in [0.25, 0.3) is 0 Å². The summed E-state index contributed by atoms with van der Waals surface area (Å²) < 4.78 is 12.1. The lowest BCUT2D eigenvalue weighted by molar-refractivity contribution is -0.117. The topological polar surface area (TPSA) is 120 Å². The highest BCUT2D eigenvalue weighted by Crippen LogP contribution is 2.34. The number of hydrogen-bond acceptors (Lipinski definition) is 8. The summed E-state index contributed by atoms with van der Waals surface area (Å²) in [6.45, 7) is 4.12. The number of rotatable bonds is 5. The van der Waals surface area contributed by atoms with Crippen LogP contribution in [0.25, 0.3) is 5.69 Å². The molecule has 0 saturated heterocycles. The molecule has 2 aromatic carbocycles. The van der Waals surface area contributed by atoms with Gasteiger partial charge in [0.05, 0.1) is 11.4 Å². The maximum absolute atomic E-state index is 12.2. The van der Waals surface area contributed by atoms with Crippen LogP contribution in [-0.2, 0) is 4.79 Å². The number of fused-ring (bicyclic) bond motifs is 1. The Kier molecular flexibility index (Phi) is 5.53. The van der Waals surface area contributed by atoms with Gasteiger partial charge in [-0.2, -0.15) is 4.68 Å². The fourth-order valence-electron chi connectivity index (χ4n) is 2.81. The number of anilines is 1. The summed E-state index contributed by atoms with van der Waals surface area (Å²) in [4.78, 5) is 24.3. The van der Waals surface area contributed by atoms with Gasteiger partial charge in [0, 0.05) is 11.8 Å². The Morgan fingerprint density at radius 2 is 2.00 bits per heavy atom. The van der Waals surface area contributed by atoms with Crippen molar-refractivity contribution < 1.29 is 19.1 Å². The molecule has 0 atom stereocenters. The summed E-state index contributed by atoms with van der Waals surface area (Å²) in [5.74, 6) is 0.636. The summed E-state index contributed by atoms with van der Waals surface area (Å²) in [5.41, 5.74) is 3.47. The molecule has 4 rings (SSSR count). The molecule has 2 N–H and O–H groups in total. The number of nitrogens with one attached hydrogen (secondary N) is 2. The molecule has 0 radical (unpaired) electrons. The molecule has 30 heavy (non-hydrogen) atoms. The molecule has 11 heteroatoms. The number of aromatic nitrogens is 4. The quantitative estimate of drug-likeness (QED) is 0.597. The standard InChI is InChI=1S/C19H18N6O4S/c1-11-4-3-5-14(12(11)2)25-19(22-23-24-25)30-9-17(26)21-18(27)20-13-6-7-15-16(8-13)29-10-28-15/h3-8H,9-10H2,1-2H3,(H2,20,21,26,27). The highest BCUT2D eigenvalue weighted by molar-refractivity contribution is 7.99. The van der Waals surface area contributed by atoms with Crippen LogP contribution in [-0.4, -0.2) is 44.7 Å². The summed E-state index contributed by atoms with van der Waals surface area (Å²) in [6, 6.07) is 10.1. The van der Waals surface area contributed by atoms with Gasteiger partial charge in [-0.25, -0.2) is 4.79 Å². The van der Waals surface area contributed by atoms with Crippen molar-refractivity contribution in [3.8, 4) is 17.2 Å². The minimum absolute atomic E-state index is 0.0280. The van der Waals surface area contributed by atoms with E-state index in [1.165, 1.54) is 0 Å². The van der Waals surface area contributed by atoms with Crippen molar-refractivity contribution in [1.29, 1.82) is 0 Å². The van der Waals surface area contributed by atoms with Crippen molar-refractivity contribution in [3.63, 3.8) is 0 Å². The first-order valence-electron chi connectivity index (χ1n) is 8.99. The highest BCUT2D eigenvalue weighted by atomic mass is 32.2. The molecular formula is C19H18N6O4S. The zero-order chi connectivity index (χ0) is 21.1. The van der Waals surface area contributed by atoms with Gasteiger partial charge < -0.3 is 14.8 Å². The van der Waals surface area contributed by atoms with Gasteiger partial charge in [0.15, 0.2) is 11.5 Å². The molecule has 3 amide bonds. The van der Waals surface area contributed by atoms with E-state index in [1.54, 1.807) is 22.9 Å². The third kappa shape index (κ3) is 4.20. The molecule has 0 spiro atoms. The number of tetrazole rings is 1. The van der Waals surface area contributed by atoms with Crippen LogP contribution in [0.1, 0.15) is 11.1 Å². The molecule has 0 aliphatic carbocycles. The lowest BCUT2D eigenvalue weighted by Gasteiger charge is -2.10. The number of benzene rings is 2. The van der Waals surface area contributed by atoms with E-state index in [0.29, 0.717) is 22.3 Å².